The van der Waals surface area contributed by atoms with Gasteiger partial charge in [0.05, 0.1) is 5.69 Å². The third-order valence-corrected chi connectivity index (χ3v) is 4.21. The molecule has 3 aromatic rings. The minimum absolute atomic E-state index is 0.265. The van der Waals surface area contributed by atoms with E-state index in [4.69, 9.17) is 5.73 Å². The number of anilines is 2. The third-order valence-electron chi connectivity index (χ3n) is 4.21. The third kappa shape index (κ3) is 3.36. The molecule has 0 amide bonds. The SMILES string of the molecule is C/C=C/N(C)c1cccc(-c2cccc(-c3ccccc3N)c2)c1O. The summed E-state index contributed by atoms with van der Waals surface area (Å²) in [7, 11) is 1.92. The topological polar surface area (TPSA) is 49.5 Å². The second kappa shape index (κ2) is 7.14. The zero-order chi connectivity index (χ0) is 17.8. The van der Waals surface area contributed by atoms with E-state index >= 15 is 0 Å². The van der Waals surface area contributed by atoms with Crippen LogP contribution in [0.15, 0.2) is 79.0 Å². The highest BCUT2D eigenvalue weighted by atomic mass is 16.3. The Kier molecular flexibility index (Phi) is 4.75. The summed E-state index contributed by atoms with van der Waals surface area (Å²) in [6.07, 6.45) is 3.85. The number of phenols is 1. The molecular weight excluding hydrogens is 308 g/mol. The molecule has 0 bridgehead atoms. The van der Waals surface area contributed by atoms with Crippen molar-refractivity contribution in [3.8, 4) is 28.0 Å². The molecular formula is C22H22N2O. The van der Waals surface area contributed by atoms with E-state index in [2.05, 4.69) is 6.07 Å². The van der Waals surface area contributed by atoms with Crippen LogP contribution in [-0.4, -0.2) is 12.2 Å². The van der Waals surface area contributed by atoms with Gasteiger partial charge >= 0.3 is 0 Å². The molecule has 0 spiro atoms. The van der Waals surface area contributed by atoms with Gasteiger partial charge in [-0.3, -0.25) is 0 Å². The second-order valence-electron chi connectivity index (χ2n) is 5.93. The number of hydrogen-bond acceptors (Lipinski definition) is 3. The number of rotatable bonds is 4. The molecule has 0 radical (unpaired) electrons. The Balaban J connectivity index is 2.08. The highest BCUT2D eigenvalue weighted by molar-refractivity contribution is 5.83. The summed E-state index contributed by atoms with van der Waals surface area (Å²) in [6.45, 7) is 1.95. The van der Waals surface area contributed by atoms with Gasteiger partial charge in [-0.15, -0.1) is 0 Å². The van der Waals surface area contributed by atoms with Gasteiger partial charge in [0.25, 0.3) is 0 Å². The molecule has 0 saturated carbocycles. The van der Waals surface area contributed by atoms with E-state index in [-0.39, 0.29) is 5.75 Å². The van der Waals surface area contributed by atoms with Crippen molar-refractivity contribution in [3.05, 3.63) is 79.0 Å². The first kappa shape index (κ1) is 16.7. The minimum atomic E-state index is 0.265. The first-order valence-corrected chi connectivity index (χ1v) is 8.24. The number of nitrogens with zero attached hydrogens (tertiary/aromatic N) is 1. The maximum Gasteiger partial charge on any atom is 0.147 e. The average molecular weight is 330 g/mol. The van der Waals surface area contributed by atoms with Crippen molar-refractivity contribution in [1.82, 2.24) is 0 Å². The lowest BCUT2D eigenvalue weighted by Crippen LogP contribution is -2.07. The lowest BCUT2D eigenvalue weighted by molar-refractivity contribution is 0.478. The van der Waals surface area contributed by atoms with E-state index in [9.17, 15) is 5.11 Å². The summed E-state index contributed by atoms with van der Waals surface area (Å²) >= 11 is 0. The van der Waals surface area contributed by atoms with E-state index in [0.717, 1.165) is 33.6 Å². The molecule has 3 N–H and O–H groups in total. The maximum absolute atomic E-state index is 10.8. The van der Waals surface area contributed by atoms with Gasteiger partial charge in [-0.05, 0) is 42.4 Å². The lowest BCUT2D eigenvalue weighted by atomic mass is 9.97. The fraction of sp³-hybridized carbons (Fsp3) is 0.0909. The summed E-state index contributed by atoms with van der Waals surface area (Å²) in [4.78, 5) is 1.90. The Hall–Kier alpha value is -3.20. The quantitative estimate of drug-likeness (QED) is 0.640. The highest BCUT2D eigenvalue weighted by Crippen LogP contribution is 2.38. The van der Waals surface area contributed by atoms with Crippen LogP contribution in [0.5, 0.6) is 5.75 Å². The lowest BCUT2D eigenvalue weighted by Gasteiger charge is -2.18. The van der Waals surface area contributed by atoms with Gasteiger partial charge in [0.15, 0.2) is 0 Å². The zero-order valence-corrected chi connectivity index (χ0v) is 14.5. The Morgan fingerprint density at radius 3 is 2.24 bits per heavy atom. The molecule has 0 aliphatic heterocycles. The number of allylic oxidation sites excluding steroid dienone is 1. The van der Waals surface area contributed by atoms with Crippen molar-refractivity contribution in [3.63, 3.8) is 0 Å². The van der Waals surface area contributed by atoms with Crippen LogP contribution >= 0.6 is 0 Å². The summed E-state index contributed by atoms with van der Waals surface area (Å²) < 4.78 is 0. The van der Waals surface area contributed by atoms with Crippen LogP contribution in [0.25, 0.3) is 22.3 Å². The largest absolute Gasteiger partial charge is 0.505 e. The number of aromatic hydroxyl groups is 1. The van der Waals surface area contributed by atoms with Gasteiger partial charge < -0.3 is 15.7 Å². The first-order chi connectivity index (χ1) is 12.1. The molecule has 0 heterocycles. The second-order valence-corrected chi connectivity index (χ2v) is 5.93. The average Bonchev–Trinajstić information content (AvgIpc) is 2.62. The van der Waals surface area contributed by atoms with Gasteiger partial charge in [-0.1, -0.05) is 54.6 Å². The minimum Gasteiger partial charge on any atom is -0.505 e. The van der Waals surface area contributed by atoms with Crippen molar-refractivity contribution < 1.29 is 5.11 Å². The van der Waals surface area contributed by atoms with Crippen molar-refractivity contribution in [1.29, 1.82) is 0 Å². The normalized spacial score (nSPS) is 11.0. The number of nitrogen functional groups attached to an aromatic ring is 1. The highest BCUT2D eigenvalue weighted by Gasteiger charge is 2.12. The number of phenolic OH excluding ortho intramolecular Hbond substituents is 1. The van der Waals surface area contributed by atoms with E-state index in [0.29, 0.717) is 0 Å². The molecule has 3 heteroatoms. The predicted molar refractivity (Wildman–Crippen MR) is 107 cm³/mol. The van der Waals surface area contributed by atoms with Crippen molar-refractivity contribution in [2.45, 2.75) is 6.92 Å². The fourth-order valence-corrected chi connectivity index (χ4v) is 2.97. The summed E-state index contributed by atoms with van der Waals surface area (Å²) in [5.74, 6) is 0.265. The van der Waals surface area contributed by atoms with Gasteiger partial charge in [0.1, 0.15) is 5.75 Å². The van der Waals surface area contributed by atoms with Crippen LogP contribution in [-0.2, 0) is 0 Å². The molecule has 0 saturated heterocycles. The number of para-hydroxylation sites is 2. The van der Waals surface area contributed by atoms with E-state index < -0.39 is 0 Å². The predicted octanol–water partition coefficient (Wildman–Crippen LogP) is 5.28. The van der Waals surface area contributed by atoms with Crippen molar-refractivity contribution >= 4 is 11.4 Å². The molecule has 0 aliphatic rings. The van der Waals surface area contributed by atoms with Gasteiger partial charge in [0.2, 0.25) is 0 Å². The van der Waals surface area contributed by atoms with Crippen LogP contribution in [0.4, 0.5) is 11.4 Å². The molecule has 0 unspecified atom stereocenters. The summed E-state index contributed by atoms with van der Waals surface area (Å²) in [6, 6.07) is 21.6. The van der Waals surface area contributed by atoms with Gasteiger partial charge in [-0.2, -0.15) is 0 Å². The monoisotopic (exact) mass is 330 g/mol. The van der Waals surface area contributed by atoms with Crippen LogP contribution < -0.4 is 10.6 Å². The molecule has 3 aromatic carbocycles. The number of hydrogen-bond donors (Lipinski definition) is 2. The van der Waals surface area contributed by atoms with Gasteiger partial charge in [-0.25, -0.2) is 0 Å². The Labute approximate surface area is 148 Å². The van der Waals surface area contributed by atoms with E-state index in [1.54, 1.807) is 0 Å². The summed E-state index contributed by atoms with van der Waals surface area (Å²) in [5.41, 5.74) is 11.4. The Morgan fingerprint density at radius 2 is 1.52 bits per heavy atom. The van der Waals surface area contributed by atoms with Crippen LogP contribution in [0.3, 0.4) is 0 Å². The molecule has 0 fully saturated rings. The van der Waals surface area contributed by atoms with Crippen molar-refractivity contribution in [2.75, 3.05) is 17.7 Å². The Morgan fingerprint density at radius 1 is 0.880 bits per heavy atom. The molecule has 3 rings (SSSR count). The summed E-state index contributed by atoms with van der Waals surface area (Å²) in [5, 5.41) is 10.8. The maximum atomic E-state index is 10.8. The molecule has 3 nitrogen and oxygen atoms in total. The van der Waals surface area contributed by atoms with Crippen molar-refractivity contribution in [2.24, 2.45) is 0 Å². The molecule has 0 atom stereocenters. The Bertz CT molecular complexity index is 915. The van der Waals surface area contributed by atoms with Crippen LogP contribution in [0.2, 0.25) is 0 Å². The molecule has 25 heavy (non-hydrogen) atoms. The van der Waals surface area contributed by atoms with Crippen LogP contribution in [0.1, 0.15) is 6.92 Å². The molecule has 0 aliphatic carbocycles. The number of benzene rings is 3. The van der Waals surface area contributed by atoms with E-state index in [1.807, 2.05) is 91.8 Å². The fourth-order valence-electron chi connectivity index (χ4n) is 2.97. The van der Waals surface area contributed by atoms with E-state index in [1.165, 1.54) is 0 Å². The standard InChI is InChI=1S/C22H22N2O/c1-3-14-24(2)21-13-7-11-19(22(21)25)17-9-6-8-16(15-17)18-10-4-5-12-20(18)23/h3-15,25H,23H2,1-2H3/b14-3+. The number of nitrogens with two attached hydrogens (primary N) is 1. The first-order valence-electron chi connectivity index (χ1n) is 8.24. The zero-order valence-electron chi connectivity index (χ0n) is 14.5. The molecule has 0 aromatic heterocycles. The van der Waals surface area contributed by atoms with Crippen LogP contribution in [0, 0.1) is 0 Å². The molecule has 126 valence electrons. The van der Waals surface area contributed by atoms with Gasteiger partial charge in [0, 0.05) is 23.9 Å². The smallest absolute Gasteiger partial charge is 0.147 e.